The molecule has 0 saturated carbocycles. The Kier molecular flexibility index (Phi) is 3.84. The summed E-state index contributed by atoms with van der Waals surface area (Å²) in [6.07, 6.45) is 3.07. The van der Waals surface area contributed by atoms with Gasteiger partial charge in [-0.25, -0.2) is 18.2 Å². The second kappa shape index (κ2) is 5.40. The fourth-order valence-corrected chi connectivity index (χ4v) is 2.97. The van der Waals surface area contributed by atoms with E-state index >= 15 is 0 Å². The maximum Gasteiger partial charge on any atom is 0.341 e. The number of ether oxygens (including phenoxy) is 1. The standard InChI is InChI=1S/C12H14N2O4S/c1-2-18-12(15)10-4-3-6-13-11(10)14-9-5-7-19(16,17)8-9/h3-7,9H,2,8H2,1H3,(H,13,14). The summed E-state index contributed by atoms with van der Waals surface area (Å²) in [7, 11) is -3.15. The molecule has 6 nitrogen and oxygen atoms in total. The summed E-state index contributed by atoms with van der Waals surface area (Å²) in [4.78, 5) is 15.8. The zero-order valence-electron chi connectivity index (χ0n) is 10.4. The van der Waals surface area contributed by atoms with Crippen molar-refractivity contribution in [3.8, 4) is 0 Å². The first-order chi connectivity index (χ1) is 9.02. The van der Waals surface area contributed by atoms with Crippen LogP contribution >= 0.6 is 0 Å². The average molecular weight is 282 g/mol. The van der Waals surface area contributed by atoms with E-state index in [1.165, 1.54) is 6.20 Å². The molecule has 0 spiro atoms. The molecular weight excluding hydrogens is 268 g/mol. The Morgan fingerprint density at radius 3 is 3.00 bits per heavy atom. The van der Waals surface area contributed by atoms with Crippen LogP contribution < -0.4 is 5.32 Å². The number of nitrogens with one attached hydrogen (secondary N) is 1. The van der Waals surface area contributed by atoms with Gasteiger partial charge in [-0.1, -0.05) is 0 Å². The van der Waals surface area contributed by atoms with E-state index in [1.807, 2.05) is 0 Å². The summed E-state index contributed by atoms with van der Waals surface area (Å²) in [5.41, 5.74) is 0.294. The van der Waals surface area contributed by atoms with Crippen LogP contribution in [-0.2, 0) is 14.6 Å². The molecular formula is C12H14N2O4S. The second-order valence-corrected chi connectivity index (χ2v) is 5.96. The molecule has 0 bridgehead atoms. The van der Waals surface area contributed by atoms with Gasteiger partial charge in [-0.15, -0.1) is 0 Å². The van der Waals surface area contributed by atoms with Crippen molar-refractivity contribution in [2.24, 2.45) is 0 Å². The van der Waals surface area contributed by atoms with E-state index < -0.39 is 15.8 Å². The lowest BCUT2D eigenvalue weighted by atomic mass is 10.2. The number of hydrogen-bond donors (Lipinski definition) is 1. The predicted octanol–water partition coefficient (Wildman–Crippen LogP) is 0.981. The van der Waals surface area contributed by atoms with Crippen LogP contribution in [0.15, 0.2) is 29.8 Å². The van der Waals surface area contributed by atoms with E-state index in [0.29, 0.717) is 11.4 Å². The van der Waals surface area contributed by atoms with Gasteiger partial charge in [0.25, 0.3) is 0 Å². The highest BCUT2D eigenvalue weighted by molar-refractivity contribution is 7.94. The van der Waals surface area contributed by atoms with E-state index in [-0.39, 0.29) is 18.4 Å². The summed E-state index contributed by atoms with van der Waals surface area (Å²) in [6.45, 7) is 1.98. The predicted molar refractivity (Wildman–Crippen MR) is 70.5 cm³/mol. The van der Waals surface area contributed by atoms with E-state index in [2.05, 4.69) is 10.3 Å². The molecule has 19 heavy (non-hydrogen) atoms. The lowest BCUT2D eigenvalue weighted by Gasteiger charge is -2.13. The monoisotopic (exact) mass is 282 g/mol. The Labute approximate surface area is 111 Å². The zero-order chi connectivity index (χ0) is 13.9. The zero-order valence-corrected chi connectivity index (χ0v) is 11.2. The smallest absolute Gasteiger partial charge is 0.341 e. The lowest BCUT2D eigenvalue weighted by molar-refractivity contribution is 0.0527. The Morgan fingerprint density at radius 2 is 2.37 bits per heavy atom. The van der Waals surface area contributed by atoms with Crippen molar-refractivity contribution in [1.29, 1.82) is 0 Å². The maximum atomic E-state index is 11.7. The Hall–Kier alpha value is -1.89. The van der Waals surface area contributed by atoms with E-state index in [0.717, 1.165) is 5.41 Å². The number of carbonyl (C=O) groups excluding carboxylic acids is 1. The molecule has 1 aromatic heterocycles. The van der Waals surface area contributed by atoms with Crippen molar-refractivity contribution < 1.29 is 17.9 Å². The van der Waals surface area contributed by atoms with Crippen molar-refractivity contribution in [2.45, 2.75) is 13.0 Å². The number of anilines is 1. The minimum absolute atomic E-state index is 0.0359. The lowest BCUT2D eigenvalue weighted by Crippen LogP contribution is -2.23. The van der Waals surface area contributed by atoms with E-state index in [4.69, 9.17) is 4.74 Å². The molecule has 1 atom stereocenters. The fourth-order valence-electron chi connectivity index (χ4n) is 1.74. The van der Waals surface area contributed by atoms with Crippen LogP contribution in [0.5, 0.6) is 0 Å². The molecule has 0 radical (unpaired) electrons. The summed E-state index contributed by atoms with van der Waals surface area (Å²) in [5, 5.41) is 4.09. The molecule has 0 aromatic carbocycles. The molecule has 0 aliphatic carbocycles. The van der Waals surface area contributed by atoms with E-state index in [9.17, 15) is 13.2 Å². The van der Waals surface area contributed by atoms with Crippen LogP contribution in [0.25, 0.3) is 0 Å². The quantitative estimate of drug-likeness (QED) is 0.829. The van der Waals surface area contributed by atoms with Gasteiger partial charge in [0.15, 0.2) is 9.84 Å². The first kappa shape index (κ1) is 13.5. The first-order valence-corrected chi connectivity index (χ1v) is 7.53. The Balaban J connectivity index is 2.17. The molecule has 1 unspecified atom stereocenters. The number of pyridine rings is 1. The Bertz CT molecular complexity index is 610. The molecule has 102 valence electrons. The van der Waals surface area contributed by atoms with Gasteiger partial charge in [-0.3, -0.25) is 0 Å². The number of aromatic nitrogens is 1. The first-order valence-electron chi connectivity index (χ1n) is 5.81. The number of sulfone groups is 1. The minimum Gasteiger partial charge on any atom is -0.462 e. The number of esters is 1. The Morgan fingerprint density at radius 1 is 1.58 bits per heavy atom. The van der Waals surface area contributed by atoms with Crippen LogP contribution in [-0.4, -0.2) is 37.8 Å². The molecule has 2 heterocycles. The largest absolute Gasteiger partial charge is 0.462 e. The topological polar surface area (TPSA) is 85.4 Å². The van der Waals surface area contributed by atoms with Crippen molar-refractivity contribution in [3.05, 3.63) is 35.4 Å². The number of rotatable bonds is 4. The van der Waals surface area contributed by atoms with Crippen molar-refractivity contribution in [2.75, 3.05) is 17.7 Å². The minimum atomic E-state index is -3.15. The SMILES string of the molecule is CCOC(=O)c1cccnc1NC1C=CS(=O)(=O)C1. The van der Waals surface area contributed by atoms with Gasteiger partial charge in [0, 0.05) is 11.6 Å². The van der Waals surface area contributed by atoms with Crippen LogP contribution in [0.4, 0.5) is 5.82 Å². The third-order valence-corrected chi connectivity index (χ3v) is 3.95. The van der Waals surface area contributed by atoms with Gasteiger partial charge < -0.3 is 10.1 Å². The number of carbonyl (C=O) groups is 1. The fraction of sp³-hybridized carbons (Fsp3) is 0.333. The van der Waals surface area contributed by atoms with Crippen molar-refractivity contribution in [1.82, 2.24) is 4.98 Å². The molecule has 0 amide bonds. The highest BCUT2D eigenvalue weighted by Gasteiger charge is 2.23. The molecule has 2 rings (SSSR count). The highest BCUT2D eigenvalue weighted by Crippen LogP contribution is 2.17. The maximum absolute atomic E-state index is 11.7. The van der Waals surface area contributed by atoms with Gasteiger partial charge in [-0.2, -0.15) is 0 Å². The van der Waals surface area contributed by atoms with Gasteiger partial charge in [0.1, 0.15) is 11.4 Å². The molecule has 1 aliphatic heterocycles. The van der Waals surface area contributed by atoms with Gasteiger partial charge in [-0.05, 0) is 25.1 Å². The van der Waals surface area contributed by atoms with Gasteiger partial charge in [0.05, 0.1) is 18.4 Å². The van der Waals surface area contributed by atoms with Crippen LogP contribution in [0.2, 0.25) is 0 Å². The second-order valence-electron chi connectivity index (χ2n) is 4.03. The molecule has 1 aromatic rings. The van der Waals surface area contributed by atoms with Gasteiger partial charge in [0.2, 0.25) is 0 Å². The van der Waals surface area contributed by atoms with Crippen molar-refractivity contribution in [3.63, 3.8) is 0 Å². The number of hydrogen-bond acceptors (Lipinski definition) is 6. The third kappa shape index (κ3) is 3.31. The normalized spacial score (nSPS) is 20.2. The molecule has 0 saturated heterocycles. The highest BCUT2D eigenvalue weighted by atomic mass is 32.2. The number of nitrogens with zero attached hydrogens (tertiary/aromatic N) is 1. The molecule has 7 heteroatoms. The molecule has 1 N–H and O–H groups in total. The average Bonchev–Trinajstić information content (AvgIpc) is 2.69. The molecule has 0 fully saturated rings. The van der Waals surface area contributed by atoms with Gasteiger partial charge >= 0.3 is 5.97 Å². The van der Waals surface area contributed by atoms with Crippen LogP contribution in [0.1, 0.15) is 17.3 Å². The van der Waals surface area contributed by atoms with Crippen molar-refractivity contribution >= 4 is 21.6 Å². The third-order valence-electron chi connectivity index (χ3n) is 2.56. The van der Waals surface area contributed by atoms with Crippen LogP contribution in [0.3, 0.4) is 0 Å². The summed E-state index contributed by atoms with van der Waals surface area (Å²) < 4.78 is 27.5. The summed E-state index contributed by atoms with van der Waals surface area (Å²) in [6, 6.07) is 2.83. The summed E-state index contributed by atoms with van der Waals surface area (Å²) in [5.74, 6) is -0.193. The summed E-state index contributed by atoms with van der Waals surface area (Å²) >= 11 is 0. The molecule has 1 aliphatic rings. The van der Waals surface area contributed by atoms with Crippen LogP contribution in [0, 0.1) is 0 Å². The van der Waals surface area contributed by atoms with E-state index in [1.54, 1.807) is 25.1 Å².